The van der Waals surface area contributed by atoms with E-state index in [9.17, 15) is 19.1 Å². The molecule has 1 aromatic heterocycles. The smallest absolute Gasteiger partial charge is 0.277 e. The molecule has 3 aromatic rings. The third-order valence-corrected chi connectivity index (χ3v) is 7.33. The second-order valence-corrected chi connectivity index (χ2v) is 8.75. The van der Waals surface area contributed by atoms with Crippen molar-refractivity contribution < 1.29 is 14.3 Å². The van der Waals surface area contributed by atoms with Crippen LogP contribution in [0.5, 0.6) is 5.75 Å². The van der Waals surface area contributed by atoms with Crippen molar-refractivity contribution in [3.05, 3.63) is 98.7 Å². The summed E-state index contributed by atoms with van der Waals surface area (Å²) < 4.78 is 16.2. The highest BCUT2D eigenvalue weighted by atomic mass is 19.1. The number of hydrogen-bond acceptors (Lipinski definition) is 4. The Labute approximate surface area is 184 Å². The molecule has 3 aliphatic rings. The molecule has 2 heterocycles. The average Bonchev–Trinajstić information content (AvgIpc) is 3.27. The Morgan fingerprint density at radius 1 is 1.06 bits per heavy atom. The summed E-state index contributed by atoms with van der Waals surface area (Å²) >= 11 is 0. The Balaban J connectivity index is 1.70. The van der Waals surface area contributed by atoms with E-state index in [1.54, 1.807) is 21.8 Å². The summed E-state index contributed by atoms with van der Waals surface area (Å²) in [6.45, 7) is 2.53. The van der Waals surface area contributed by atoms with Crippen LogP contribution in [0.4, 0.5) is 4.39 Å². The molecule has 32 heavy (non-hydrogen) atoms. The minimum atomic E-state index is -0.724. The first kappa shape index (κ1) is 19.1. The number of halogens is 1. The van der Waals surface area contributed by atoms with Crippen molar-refractivity contribution in [2.45, 2.75) is 25.3 Å². The summed E-state index contributed by atoms with van der Waals surface area (Å²) in [4.78, 5) is 27.0. The number of fused-ring (bicyclic) bond motifs is 6. The molecule has 0 spiro atoms. The summed E-state index contributed by atoms with van der Waals surface area (Å²) in [6.07, 6.45) is 3.15. The Hall–Kier alpha value is -3.61. The molecule has 162 valence electrons. The van der Waals surface area contributed by atoms with E-state index in [0.717, 1.165) is 29.5 Å². The van der Waals surface area contributed by atoms with Crippen LogP contribution in [-0.4, -0.2) is 33.8 Å². The van der Waals surface area contributed by atoms with E-state index in [-0.39, 0.29) is 24.1 Å². The summed E-state index contributed by atoms with van der Waals surface area (Å²) in [6, 6.07) is 14.4. The lowest BCUT2D eigenvalue weighted by molar-refractivity contribution is 0.0658. The molecule has 0 radical (unpaired) electrons. The van der Waals surface area contributed by atoms with Crippen LogP contribution in [-0.2, 0) is 18.4 Å². The largest absolute Gasteiger partial charge is 0.502 e. The van der Waals surface area contributed by atoms with E-state index in [1.165, 1.54) is 17.7 Å². The molecule has 1 N–H and O–H groups in total. The fourth-order valence-electron chi connectivity index (χ4n) is 6.01. The fourth-order valence-corrected chi connectivity index (χ4v) is 6.01. The van der Waals surface area contributed by atoms with Gasteiger partial charge in [0.05, 0.1) is 0 Å². The summed E-state index contributed by atoms with van der Waals surface area (Å²) in [7, 11) is 0. The SMILES string of the molecule is CCN1CN(C23c4ccccc4CC2Cc2ccc(F)cc23)n2ccc(=O)c(O)c2C1=O. The second-order valence-electron chi connectivity index (χ2n) is 8.75. The molecule has 1 amide bonds. The average molecular weight is 431 g/mol. The molecule has 1 aliphatic heterocycles. The van der Waals surface area contributed by atoms with Crippen molar-refractivity contribution in [3.8, 4) is 5.75 Å². The van der Waals surface area contributed by atoms with Gasteiger partial charge in [0.2, 0.25) is 5.43 Å². The van der Waals surface area contributed by atoms with Gasteiger partial charge in [-0.15, -0.1) is 0 Å². The number of hydrogen-bond donors (Lipinski definition) is 1. The van der Waals surface area contributed by atoms with Crippen LogP contribution in [0.2, 0.25) is 0 Å². The maximum atomic E-state index is 14.6. The number of benzene rings is 2. The molecular formula is C25H22FN3O3. The highest BCUT2D eigenvalue weighted by Gasteiger charge is 2.58. The predicted molar refractivity (Wildman–Crippen MR) is 117 cm³/mol. The van der Waals surface area contributed by atoms with Crippen molar-refractivity contribution in [1.82, 2.24) is 9.58 Å². The van der Waals surface area contributed by atoms with Gasteiger partial charge < -0.3 is 10.0 Å². The third kappa shape index (κ3) is 2.23. The number of carbonyl (C=O) groups excluding carboxylic acids is 1. The van der Waals surface area contributed by atoms with Crippen LogP contribution >= 0.6 is 0 Å². The van der Waals surface area contributed by atoms with Gasteiger partial charge >= 0.3 is 0 Å². The van der Waals surface area contributed by atoms with Gasteiger partial charge in [0, 0.05) is 24.7 Å². The Morgan fingerprint density at radius 2 is 1.81 bits per heavy atom. The zero-order valence-corrected chi connectivity index (χ0v) is 17.6. The Kier molecular flexibility index (Phi) is 3.85. The fraction of sp³-hybridized carbons (Fsp3) is 0.280. The quantitative estimate of drug-likeness (QED) is 0.678. The number of carbonyl (C=O) groups is 1. The van der Waals surface area contributed by atoms with Gasteiger partial charge in [-0.3, -0.25) is 19.3 Å². The molecular weight excluding hydrogens is 409 g/mol. The molecule has 2 aliphatic carbocycles. The molecule has 2 aromatic carbocycles. The molecule has 2 unspecified atom stereocenters. The van der Waals surface area contributed by atoms with Crippen LogP contribution in [0.25, 0.3) is 0 Å². The molecule has 6 nitrogen and oxygen atoms in total. The van der Waals surface area contributed by atoms with Crippen LogP contribution < -0.4 is 10.4 Å². The standard InChI is InChI=1S/C25H22FN3O3/c1-2-27-14-29(28-10-9-21(30)23(31)22(28)24(27)32)25-17(11-15-5-3-4-6-19(15)25)12-16-7-8-18(26)13-20(16)25/h3-10,13,17,31H,2,11-12,14H2,1H3. The van der Waals surface area contributed by atoms with Crippen molar-refractivity contribution in [3.63, 3.8) is 0 Å². The van der Waals surface area contributed by atoms with Gasteiger partial charge in [-0.05, 0) is 54.2 Å². The van der Waals surface area contributed by atoms with E-state index in [1.807, 2.05) is 30.1 Å². The van der Waals surface area contributed by atoms with E-state index < -0.39 is 22.6 Å². The summed E-state index contributed by atoms with van der Waals surface area (Å²) in [5, 5.41) is 12.6. The zero-order valence-electron chi connectivity index (χ0n) is 17.6. The number of aromatic hydroxyl groups is 1. The van der Waals surface area contributed by atoms with E-state index >= 15 is 0 Å². The summed E-state index contributed by atoms with van der Waals surface area (Å²) in [5.74, 6) is -1.14. The number of nitrogens with zero attached hydrogens (tertiary/aromatic N) is 3. The van der Waals surface area contributed by atoms with Crippen LogP contribution in [0.15, 0.2) is 59.5 Å². The number of aromatic nitrogens is 1. The lowest BCUT2D eigenvalue weighted by atomic mass is 9.81. The molecule has 2 atom stereocenters. The highest BCUT2D eigenvalue weighted by Crippen LogP contribution is 2.56. The lowest BCUT2D eigenvalue weighted by Gasteiger charge is -2.50. The topological polar surface area (TPSA) is 65.8 Å². The normalized spacial score (nSPS) is 23.1. The first-order chi connectivity index (χ1) is 15.5. The Morgan fingerprint density at radius 3 is 2.59 bits per heavy atom. The van der Waals surface area contributed by atoms with Crippen molar-refractivity contribution in [1.29, 1.82) is 0 Å². The maximum Gasteiger partial charge on any atom is 0.277 e. The van der Waals surface area contributed by atoms with Gasteiger partial charge in [-0.25, -0.2) is 4.39 Å². The van der Waals surface area contributed by atoms with Gasteiger partial charge in [0.25, 0.3) is 5.91 Å². The Bertz CT molecular complexity index is 1350. The molecule has 6 rings (SSSR count). The van der Waals surface area contributed by atoms with Crippen LogP contribution in [0.3, 0.4) is 0 Å². The maximum absolute atomic E-state index is 14.6. The van der Waals surface area contributed by atoms with Crippen LogP contribution in [0, 0.1) is 11.7 Å². The van der Waals surface area contributed by atoms with E-state index in [0.29, 0.717) is 6.54 Å². The number of amides is 1. The second kappa shape index (κ2) is 6.45. The molecule has 0 fully saturated rings. The van der Waals surface area contributed by atoms with Gasteiger partial charge in [-0.1, -0.05) is 30.3 Å². The molecule has 0 saturated carbocycles. The number of rotatable bonds is 2. The molecule has 7 heteroatoms. The monoisotopic (exact) mass is 431 g/mol. The van der Waals surface area contributed by atoms with Crippen molar-refractivity contribution >= 4 is 5.91 Å². The third-order valence-electron chi connectivity index (χ3n) is 7.33. The van der Waals surface area contributed by atoms with Crippen LogP contribution in [0.1, 0.15) is 39.7 Å². The predicted octanol–water partition coefficient (Wildman–Crippen LogP) is 2.74. The van der Waals surface area contributed by atoms with Gasteiger partial charge in [-0.2, -0.15) is 0 Å². The van der Waals surface area contributed by atoms with Gasteiger partial charge in [0.1, 0.15) is 18.0 Å². The van der Waals surface area contributed by atoms with Crippen molar-refractivity contribution in [2.24, 2.45) is 5.92 Å². The number of pyridine rings is 1. The molecule has 0 saturated heterocycles. The summed E-state index contributed by atoms with van der Waals surface area (Å²) in [5.41, 5.74) is 2.86. The first-order valence-electron chi connectivity index (χ1n) is 10.9. The zero-order chi connectivity index (χ0) is 22.2. The van der Waals surface area contributed by atoms with Gasteiger partial charge in [0.15, 0.2) is 11.4 Å². The first-order valence-corrected chi connectivity index (χ1v) is 10.9. The van der Waals surface area contributed by atoms with E-state index in [4.69, 9.17) is 0 Å². The highest BCUT2D eigenvalue weighted by molar-refractivity contribution is 5.96. The minimum Gasteiger partial charge on any atom is -0.502 e. The van der Waals surface area contributed by atoms with Crippen molar-refractivity contribution in [2.75, 3.05) is 18.2 Å². The van der Waals surface area contributed by atoms with E-state index in [2.05, 4.69) is 12.1 Å². The minimum absolute atomic E-state index is 0.0482. The molecule has 0 bridgehead atoms. The lowest BCUT2D eigenvalue weighted by Crippen LogP contribution is -2.63.